The summed E-state index contributed by atoms with van der Waals surface area (Å²) >= 11 is 0. The SMILES string of the molecule is CCNC1CCCC(N2CCC(C)C(OC)C2)C1. The van der Waals surface area contributed by atoms with Gasteiger partial charge in [0.15, 0.2) is 0 Å². The molecule has 2 fully saturated rings. The normalized spacial score (nSPS) is 38.8. The van der Waals surface area contributed by atoms with Gasteiger partial charge in [-0.15, -0.1) is 0 Å². The molecule has 0 radical (unpaired) electrons. The third kappa shape index (κ3) is 3.46. The fourth-order valence-electron chi connectivity index (χ4n) is 3.67. The minimum Gasteiger partial charge on any atom is -0.380 e. The van der Waals surface area contributed by atoms with Gasteiger partial charge in [-0.05, 0) is 44.7 Å². The predicted molar refractivity (Wildman–Crippen MR) is 75.9 cm³/mol. The lowest BCUT2D eigenvalue weighted by atomic mass is 9.87. The second-order valence-corrected chi connectivity index (χ2v) is 6.11. The van der Waals surface area contributed by atoms with Gasteiger partial charge >= 0.3 is 0 Å². The molecule has 0 aromatic carbocycles. The molecule has 1 aliphatic carbocycles. The van der Waals surface area contributed by atoms with Crippen molar-refractivity contribution in [3.63, 3.8) is 0 Å². The molecule has 1 saturated heterocycles. The minimum absolute atomic E-state index is 0.443. The van der Waals surface area contributed by atoms with E-state index in [-0.39, 0.29) is 0 Å². The number of hydrogen-bond acceptors (Lipinski definition) is 3. The summed E-state index contributed by atoms with van der Waals surface area (Å²) in [6.45, 7) is 8.06. The minimum atomic E-state index is 0.443. The predicted octanol–water partition coefficient (Wildman–Crippen LogP) is 2.26. The van der Waals surface area contributed by atoms with Crippen molar-refractivity contribution in [3.05, 3.63) is 0 Å². The van der Waals surface area contributed by atoms with Crippen LogP contribution < -0.4 is 5.32 Å². The van der Waals surface area contributed by atoms with Gasteiger partial charge in [0.1, 0.15) is 0 Å². The Hall–Kier alpha value is -0.120. The molecule has 2 aliphatic rings. The van der Waals surface area contributed by atoms with Crippen molar-refractivity contribution >= 4 is 0 Å². The summed E-state index contributed by atoms with van der Waals surface area (Å²) in [6.07, 6.45) is 7.19. The van der Waals surface area contributed by atoms with E-state index in [0.29, 0.717) is 6.10 Å². The van der Waals surface area contributed by atoms with Gasteiger partial charge in [-0.3, -0.25) is 4.90 Å². The van der Waals surface area contributed by atoms with Crippen molar-refractivity contribution in [3.8, 4) is 0 Å². The maximum absolute atomic E-state index is 5.64. The lowest BCUT2D eigenvalue weighted by Crippen LogP contribution is -2.51. The largest absolute Gasteiger partial charge is 0.380 e. The highest BCUT2D eigenvalue weighted by Gasteiger charge is 2.32. The summed E-state index contributed by atoms with van der Waals surface area (Å²) < 4.78 is 5.64. The van der Waals surface area contributed by atoms with E-state index < -0.39 is 0 Å². The Morgan fingerprint density at radius 3 is 2.83 bits per heavy atom. The topological polar surface area (TPSA) is 24.5 Å². The quantitative estimate of drug-likeness (QED) is 0.833. The summed E-state index contributed by atoms with van der Waals surface area (Å²) in [7, 11) is 1.87. The third-order valence-electron chi connectivity index (χ3n) is 4.88. The zero-order valence-corrected chi connectivity index (χ0v) is 12.3. The van der Waals surface area contributed by atoms with Crippen molar-refractivity contribution in [1.29, 1.82) is 0 Å². The fraction of sp³-hybridized carbons (Fsp3) is 1.00. The van der Waals surface area contributed by atoms with Crippen LogP contribution in [0.4, 0.5) is 0 Å². The highest BCUT2D eigenvalue weighted by atomic mass is 16.5. The van der Waals surface area contributed by atoms with E-state index in [9.17, 15) is 0 Å². The van der Waals surface area contributed by atoms with Crippen LogP contribution in [0, 0.1) is 5.92 Å². The van der Waals surface area contributed by atoms with Gasteiger partial charge in [-0.2, -0.15) is 0 Å². The monoisotopic (exact) mass is 254 g/mol. The lowest BCUT2D eigenvalue weighted by Gasteiger charge is -2.43. The molecule has 3 nitrogen and oxygen atoms in total. The molecule has 0 amide bonds. The molecule has 2 rings (SSSR count). The van der Waals surface area contributed by atoms with E-state index in [0.717, 1.165) is 31.1 Å². The Bertz CT molecular complexity index is 245. The number of methoxy groups -OCH3 is 1. The molecular weight excluding hydrogens is 224 g/mol. The van der Waals surface area contributed by atoms with Crippen LogP contribution in [0.5, 0.6) is 0 Å². The number of nitrogens with one attached hydrogen (secondary N) is 1. The van der Waals surface area contributed by atoms with E-state index in [2.05, 4.69) is 24.1 Å². The number of nitrogens with zero attached hydrogens (tertiary/aromatic N) is 1. The standard InChI is InChI=1S/C15H30N2O/c1-4-16-13-6-5-7-14(10-13)17-9-8-12(2)15(11-17)18-3/h12-16H,4-11H2,1-3H3. The van der Waals surface area contributed by atoms with Crippen LogP contribution in [0.2, 0.25) is 0 Å². The zero-order valence-electron chi connectivity index (χ0n) is 12.3. The van der Waals surface area contributed by atoms with Crippen LogP contribution in [0.1, 0.15) is 46.0 Å². The second-order valence-electron chi connectivity index (χ2n) is 6.11. The molecular formula is C15H30N2O. The number of ether oxygens (including phenoxy) is 1. The van der Waals surface area contributed by atoms with Crippen molar-refractivity contribution in [1.82, 2.24) is 10.2 Å². The number of rotatable bonds is 4. The Kier molecular flexibility index (Phi) is 5.46. The second kappa shape index (κ2) is 6.88. The molecule has 3 heteroatoms. The molecule has 4 atom stereocenters. The Morgan fingerprint density at radius 1 is 1.28 bits per heavy atom. The van der Waals surface area contributed by atoms with Crippen LogP contribution in [0.25, 0.3) is 0 Å². The maximum Gasteiger partial charge on any atom is 0.0724 e. The number of hydrogen-bond donors (Lipinski definition) is 1. The van der Waals surface area contributed by atoms with E-state index in [1.54, 1.807) is 0 Å². The number of likely N-dealkylation sites (tertiary alicyclic amines) is 1. The van der Waals surface area contributed by atoms with Crippen LogP contribution in [-0.4, -0.2) is 49.8 Å². The first-order valence-corrected chi connectivity index (χ1v) is 7.74. The summed E-state index contributed by atoms with van der Waals surface area (Å²) in [5.41, 5.74) is 0. The molecule has 0 aromatic rings. The van der Waals surface area contributed by atoms with Gasteiger partial charge in [0.05, 0.1) is 6.10 Å². The van der Waals surface area contributed by atoms with Crippen molar-refractivity contribution in [2.45, 2.75) is 64.1 Å². The molecule has 1 saturated carbocycles. The maximum atomic E-state index is 5.64. The summed E-state index contributed by atoms with van der Waals surface area (Å²) in [5.74, 6) is 0.722. The van der Waals surface area contributed by atoms with Crippen LogP contribution in [-0.2, 0) is 4.74 Å². The Morgan fingerprint density at radius 2 is 2.11 bits per heavy atom. The summed E-state index contributed by atoms with van der Waals surface area (Å²) in [5, 5.41) is 3.63. The van der Waals surface area contributed by atoms with E-state index >= 15 is 0 Å². The molecule has 1 heterocycles. The van der Waals surface area contributed by atoms with E-state index in [4.69, 9.17) is 4.74 Å². The van der Waals surface area contributed by atoms with Crippen molar-refractivity contribution in [2.24, 2.45) is 5.92 Å². The third-order valence-corrected chi connectivity index (χ3v) is 4.88. The molecule has 18 heavy (non-hydrogen) atoms. The summed E-state index contributed by atoms with van der Waals surface area (Å²) in [4.78, 5) is 2.69. The lowest BCUT2D eigenvalue weighted by molar-refractivity contribution is -0.0259. The van der Waals surface area contributed by atoms with Gasteiger partial charge in [0, 0.05) is 25.7 Å². The average Bonchev–Trinajstić information content (AvgIpc) is 2.40. The fourth-order valence-corrected chi connectivity index (χ4v) is 3.67. The zero-order chi connectivity index (χ0) is 13.0. The first-order valence-electron chi connectivity index (χ1n) is 7.74. The Labute approximate surface area is 112 Å². The van der Waals surface area contributed by atoms with Crippen molar-refractivity contribution < 1.29 is 4.74 Å². The van der Waals surface area contributed by atoms with Gasteiger partial charge in [-0.25, -0.2) is 0 Å². The van der Waals surface area contributed by atoms with E-state index in [1.165, 1.54) is 38.6 Å². The highest BCUT2D eigenvalue weighted by molar-refractivity contribution is 4.88. The van der Waals surface area contributed by atoms with E-state index in [1.807, 2.05) is 7.11 Å². The van der Waals surface area contributed by atoms with Gasteiger partial charge in [-0.1, -0.05) is 20.3 Å². The van der Waals surface area contributed by atoms with Crippen molar-refractivity contribution in [2.75, 3.05) is 26.7 Å². The molecule has 1 N–H and O–H groups in total. The highest BCUT2D eigenvalue weighted by Crippen LogP contribution is 2.28. The molecule has 106 valence electrons. The number of piperidine rings is 1. The van der Waals surface area contributed by atoms with Crippen LogP contribution in [0.3, 0.4) is 0 Å². The van der Waals surface area contributed by atoms with Gasteiger partial charge < -0.3 is 10.1 Å². The van der Waals surface area contributed by atoms with Crippen LogP contribution in [0.15, 0.2) is 0 Å². The first kappa shape index (κ1) is 14.3. The summed E-state index contributed by atoms with van der Waals surface area (Å²) in [6, 6.07) is 1.53. The first-order chi connectivity index (χ1) is 8.74. The average molecular weight is 254 g/mol. The molecule has 0 bridgehead atoms. The Balaban J connectivity index is 1.86. The van der Waals surface area contributed by atoms with Gasteiger partial charge in [0.2, 0.25) is 0 Å². The van der Waals surface area contributed by atoms with Gasteiger partial charge in [0.25, 0.3) is 0 Å². The van der Waals surface area contributed by atoms with Crippen LogP contribution >= 0.6 is 0 Å². The molecule has 1 aliphatic heterocycles. The molecule has 0 aromatic heterocycles. The molecule has 4 unspecified atom stereocenters. The smallest absolute Gasteiger partial charge is 0.0724 e. The molecule has 0 spiro atoms.